The summed E-state index contributed by atoms with van der Waals surface area (Å²) in [5, 5.41) is 9.81. The fraction of sp³-hybridized carbons (Fsp3) is 0.250. The van der Waals surface area contributed by atoms with E-state index in [0.717, 1.165) is 6.07 Å². The molecular weight excluding hydrogens is 263 g/mol. The van der Waals surface area contributed by atoms with Gasteiger partial charge in [-0.05, 0) is 13.0 Å². The molecular formula is C12H10F3NOS. The maximum atomic E-state index is 12.9. The van der Waals surface area contributed by atoms with Crippen LogP contribution in [0.2, 0.25) is 0 Å². The Morgan fingerprint density at radius 3 is 2.56 bits per heavy atom. The summed E-state index contributed by atoms with van der Waals surface area (Å²) in [5.41, 5.74) is -0.503. The van der Waals surface area contributed by atoms with Crippen molar-refractivity contribution < 1.29 is 18.3 Å². The van der Waals surface area contributed by atoms with Crippen LogP contribution in [0.1, 0.15) is 15.4 Å². The van der Waals surface area contributed by atoms with Gasteiger partial charge in [-0.1, -0.05) is 18.2 Å². The lowest BCUT2D eigenvalue weighted by molar-refractivity contribution is -0.137. The third-order valence-electron chi connectivity index (χ3n) is 2.44. The Bertz CT molecular complexity index is 563. The van der Waals surface area contributed by atoms with Crippen molar-refractivity contribution >= 4 is 11.3 Å². The van der Waals surface area contributed by atoms with Crippen LogP contribution in [0.25, 0.3) is 11.3 Å². The first-order valence-corrected chi connectivity index (χ1v) is 5.99. The van der Waals surface area contributed by atoms with Gasteiger partial charge in [0.2, 0.25) is 0 Å². The molecule has 0 radical (unpaired) electrons. The zero-order valence-corrected chi connectivity index (χ0v) is 10.3. The molecule has 0 aliphatic heterocycles. The second-order valence-electron chi connectivity index (χ2n) is 3.71. The van der Waals surface area contributed by atoms with E-state index in [0.29, 0.717) is 9.88 Å². The molecule has 0 aliphatic carbocycles. The van der Waals surface area contributed by atoms with Crippen LogP contribution in [0.3, 0.4) is 0 Å². The average molecular weight is 273 g/mol. The van der Waals surface area contributed by atoms with E-state index in [4.69, 9.17) is 0 Å². The Kier molecular flexibility index (Phi) is 3.41. The van der Waals surface area contributed by atoms with E-state index in [1.165, 1.54) is 29.5 Å². The smallest absolute Gasteiger partial charge is 0.391 e. The largest absolute Gasteiger partial charge is 0.417 e. The number of thiazole rings is 1. The van der Waals surface area contributed by atoms with Crippen molar-refractivity contribution in [2.45, 2.75) is 19.7 Å². The number of aromatic nitrogens is 1. The fourth-order valence-corrected chi connectivity index (χ4v) is 2.53. The molecule has 0 amide bonds. The molecule has 0 atom stereocenters. The normalized spacial score (nSPS) is 11.8. The summed E-state index contributed by atoms with van der Waals surface area (Å²) in [6.07, 6.45) is -4.43. The molecule has 0 bridgehead atoms. The second-order valence-corrected chi connectivity index (χ2v) is 4.99. The zero-order chi connectivity index (χ0) is 13.3. The van der Waals surface area contributed by atoms with Gasteiger partial charge in [-0.25, -0.2) is 4.98 Å². The van der Waals surface area contributed by atoms with Crippen molar-refractivity contribution in [2.75, 3.05) is 0 Å². The van der Waals surface area contributed by atoms with Gasteiger partial charge in [0, 0.05) is 5.56 Å². The van der Waals surface area contributed by atoms with Gasteiger partial charge in [0.15, 0.2) is 0 Å². The first kappa shape index (κ1) is 13.0. The molecule has 0 saturated heterocycles. The molecule has 18 heavy (non-hydrogen) atoms. The molecule has 6 heteroatoms. The standard InChI is InChI=1S/C12H10F3NOS/c1-7-16-11(10(6-17)18-7)8-4-2-3-5-9(8)12(13,14)15/h2-5,17H,6H2,1H3. The summed E-state index contributed by atoms with van der Waals surface area (Å²) in [4.78, 5) is 4.53. The summed E-state index contributed by atoms with van der Waals surface area (Å²) in [7, 11) is 0. The average Bonchev–Trinajstić information content (AvgIpc) is 2.69. The van der Waals surface area contributed by atoms with Crippen molar-refractivity contribution in [3.63, 3.8) is 0 Å². The Balaban J connectivity index is 2.64. The number of halogens is 3. The van der Waals surface area contributed by atoms with Crippen molar-refractivity contribution in [2.24, 2.45) is 0 Å². The number of aryl methyl sites for hydroxylation is 1. The highest BCUT2D eigenvalue weighted by atomic mass is 32.1. The molecule has 0 aliphatic rings. The lowest BCUT2D eigenvalue weighted by Gasteiger charge is -2.11. The van der Waals surface area contributed by atoms with E-state index in [1.54, 1.807) is 6.92 Å². The number of aliphatic hydroxyl groups is 1. The van der Waals surface area contributed by atoms with Gasteiger partial charge in [-0.3, -0.25) is 0 Å². The van der Waals surface area contributed by atoms with Crippen LogP contribution in [0.5, 0.6) is 0 Å². The van der Waals surface area contributed by atoms with E-state index in [9.17, 15) is 18.3 Å². The number of hydrogen-bond acceptors (Lipinski definition) is 3. The van der Waals surface area contributed by atoms with Gasteiger partial charge in [-0.2, -0.15) is 13.2 Å². The monoisotopic (exact) mass is 273 g/mol. The molecule has 0 fully saturated rings. The van der Waals surface area contributed by atoms with Crippen molar-refractivity contribution in [1.29, 1.82) is 0 Å². The third kappa shape index (κ3) is 2.39. The Morgan fingerprint density at radius 1 is 1.28 bits per heavy atom. The maximum Gasteiger partial charge on any atom is 0.417 e. The predicted octanol–water partition coefficient (Wildman–Crippen LogP) is 3.63. The summed E-state index contributed by atoms with van der Waals surface area (Å²) in [6, 6.07) is 5.26. The Labute approximate surface area is 106 Å². The van der Waals surface area contributed by atoms with Crippen LogP contribution in [0.15, 0.2) is 24.3 Å². The SMILES string of the molecule is Cc1nc(-c2ccccc2C(F)(F)F)c(CO)s1. The Morgan fingerprint density at radius 2 is 1.94 bits per heavy atom. The van der Waals surface area contributed by atoms with Crippen LogP contribution in [-0.4, -0.2) is 10.1 Å². The number of benzene rings is 1. The maximum absolute atomic E-state index is 12.9. The van der Waals surface area contributed by atoms with E-state index in [1.807, 2.05) is 0 Å². The van der Waals surface area contributed by atoms with Crippen LogP contribution < -0.4 is 0 Å². The number of hydrogen-bond donors (Lipinski definition) is 1. The minimum absolute atomic E-state index is 0.0124. The molecule has 1 aromatic carbocycles. The van der Waals surface area contributed by atoms with Gasteiger partial charge in [0.1, 0.15) is 0 Å². The minimum Gasteiger partial charge on any atom is -0.391 e. The number of alkyl halides is 3. The van der Waals surface area contributed by atoms with Crippen molar-refractivity contribution in [3.05, 3.63) is 39.7 Å². The third-order valence-corrected chi connectivity index (χ3v) is 3.39. The lowest BCUT2D eigenvalue weighted by Crippen LogP contribution is -2.07. The van der Waals surface area contributed by atoms with Gasteiger partial charge < -0.3 is 5.11 Å². The molecule has 0 saturated carbocycles. The van der Waals surface area contributed by atoms with Crippen molar-refractivity contribution in [1.82, 2.24) is 4.98 Å². The summed E-state index contributed by atoms with van der Waals surface area (Å²) in [6.45, 7) is 1.39. The van der Waals surface area contributed by atoms with Crippen LogP contribution in [0.4, 0.5) is 13.2 Å². The molecule has 2 nitrogen and oxygen atoms in total. The molecule has 0 spiro atoms. The first-order valence-electron chi connectivity index (χ1n) is 5.17. The molecule has 2 rings (SSSR count). The van der Waals surface area contributed by atoms with Crippen LogP contribution in [0, 0.1) is 6.92 Å². The molecule has 1 aromatic heterocycles. The minimum atomic E-state index is -4.43. The molecule has 96 valence electrons. The summed E-state index contributed by atoms with van der Waals surface area (Å²) >= 11 is 1.20. The summed E-state index contributed by atoms with van der Waals surface area (Å²) < 4.78 is 38.7. The first-order chi connectivity index (χ1) is 8.43. The van der Waals surface area contributed by atoms with E-state index < -0.39 is 11.7 Å². The molecule has 0 unspecified atom stereocenters. The highest BCUT2D eigenvalue weighted by Crippen LogP contribution is 2.38. The van der Waals surface area contributed by atoms with Crippen LogP contribution in [-0.2, 0) is 12.8 Å². The number of nitrogens with zero attached hydrogens (tertiary/aromatic N) is 1. The number of rotatable bonds is 2. The van der Waals surface area contributed by atoms with E-state index >= 15 is 0 Å². The second kappa shape index (κ2) is 4.70. The summed E-state index contributed by atoms with van der Waals surface area (Å²) in [5.74, 6) is 0. The van der Waals surface area contributed by atoms with Gasteiger partial charge in [0.05, 0.1) is 27.7 Å². The molecule has 1 heterocycles. The van der Waals surface area contributed by atoms with Crippen LogP contribution >= 0.6 is 11.3 Å². The van der Waals surface area contributed by atoms with Gasteiger partial charge in [0.25, 0.3) is 0 Å². The van der Waals surface area contributed by atoms with Gasteiger partial charge >= 0.3 is 6.18 Å². The fourth-order valence-electron chi connectivity index (χ4n) is 1.72. The van der Waals surface area contributed by atoms with Crippen molar-refractivity contribution in [3.8, 4) is 11.3 Å². The quantitative estimate of drug-likeness (QED) is 0.906. The molecule has 1 N–H and O–H groups in total. The highest BCUT2D eigenvalue weighted by molar-refractivity contribution is 7.12. The zero-order valence-electron chi connectivity index (χ0n) is 9.45. The molecule has 2 aromatic rings. The van der Waals surface area contributed by atoms with E-state index in [2.05, 4.69) is 4.98 Å². The number of aliphatic hydroxyl groups excluding tert-OH is 1. The highest BCUT2D eigenvalue weighted by Gasteiger charge is 2.34. The Hall–Kier alpha value is -1.40. The topological polar surface area (TPSA) is 33.1 Å². The lowest BCUT2D eigenvalue weighted by atomic mass is 10.0. The van der Waals surface area contributed by atoms with E-state index in [-0.39, 0.29) is 17.9 Å². The van der Waals surface area contributed by atoms with Gasteiger partial charge in [-0.15, -0.1) is 11.3 Å². The predicted molar refractivity (Wildman–Crippen MR) is 63.2 cm³/mol.